The maximum absolute atomic E-state index is 6.62. The van der Waals surface area contributed by atoms with E-state index >= 15 is 0 Å². The maximum atomic E-state index is 6.62. The second-order valence-corrected chi connectivity index (χ2v) is 12.8. The Kier molecular flexibility index (Phi) is 6.06. The predicted molar refractivity (Wildman–Crippen MR) is 190 cm³/mol. The summed E-state index contributed by atoms with van der Waals surface area (Å²) in [7, 11) is 0. The molecule has 0 radical (unpaired) electrons. The van der Waals surface area contributed by atoms with E-state index in [4.69, 9.17) is 14.7 Å². The van der Waals surface area contributed by atoms with Gasteiger partial charge < -0.3 is 4.74 Å². The molecule has 9 rings (SSSR count). The van der Waals surface area contributed by atoms with Gasteiger partial charge >= 0.3 is 0 Å². The average Bonchev–Trinajstić information content (AvgIpc) is 3.65. The summed E-state index contributed by atoms with van der Waals surface area (Å²) in [4.78, 5) is 19.5. The molecule has 5 aromatic heterocycles. The number of imidazole rings is 1. The number of benzene rings is 4. The third-order valence-electron chi connectivity index (χ3n) is 9.24. The molecule has 47 heavy (non-hydrogen) atoms. The summed E-state index contributed by atoms with van der Waals surface area (Å²) < 4.78 is 11.0. The minimum atomic E-state index is 0.327. The van der Waals surface area contributed by atoms with Crippen molar-refractivity contribution in [2.24, 2.45) is 0 Å². The number of nitrogens with zero attached hydrogens (tertiary/aromatic N) is 6. The first-order chi connectivity index (χ1) is 23.0. The molecule has 0 N–H and O–H groups in total. The quantitative estimate of drug-likeness (QED) is 0.181. The molecule has 9 aromatic rings. The predicted octanol–water partition coefficient (Wildman–Crippen LogP) is 10.1. The highest BCUT2D eigenvalue weighted by atomic mass is 16.5. The highest BCUT2D eigenvalue weighted by Gasteiger charge is 2.21. The van der Waals surface area contributed by atoms with Crippen molar-refractivity contribution in [3.05, 3.63) is 121 Å². The molecule has 0 aliphatic carbocycles. The first-order valence-electron chi connectivity index (χ1n) is 16.1. The highest BCUT2D eigenvalue weighted by molar-refractivity contribution is 6.14. The Balaban J connectivity index is 1.27. The molecule has 0 unspecified atom stereocenters. The molecular formula is C40H32N6O. The van der Waals surface area contributed by atoms with Gasteiger partial charge in [-0.15, -0.1) is 0 Å². The molecule has 7 nitrogen and oxygen atoms in total. The van der Waals surface area contributed by atoms with E-state index in [1.54, 1.807) is 12.4 Å². The Hall–Kier alpha value is -5.82. The van der Waals surface area contributed by atoms with Gasteiger partial charge in [-0.3, -0.25) is 14.0 Å². The highest BCUT2D eigenvalue weighted by Crippen LogP contribution is 2.40. The lowest BCUT2D eigenvalue weighted by Gasteiger charge is -2.15. The zero-order valence-corrected chi connectivity index (χ0v) is 26.6. The fourth-order valence-corrected chi connectivity index (χ4v) is 7.16. The van der Waals surface area contributed by atoms with Crippen LogP contribution < -0.4 is 4.74 Å². The molecule has 0 spiro atoms. The normalized spacial score (nSPS) is 12.2. The summed E-state index contributed by atoms with van der Waals surface area (Å²) in [6.07, 6.45) is 5.40. The first-order valence-corrected chi connectivity index (χ1v) is 16.1. The van der Waals surface area contributed by atoms with Crippen molar-refractivity contribution in [2.75, 3.05) is 0 Å². The van der Waals surface area contributed by atoms with Gasteiger partial charge in [0.05, 0.1) is 39.3 Å². The van der Waals surface area contributed by atoms with E-state index in [0.29, 0.717) is 29.3 Å². The number of aromatic nitrogens is 6. The van der Waals surface area contributed by atoms with Gasteiger partial charge in [0.15, 0.2) is 0 Å². The first kappa shape index (κ1) is 27.5. The van der Waals surface area contributed by atoms with E-state index < -0.39 is 0 Å². The van der Waals surface area contributed by atoms with Crippen LogP contribution in [0.1, 0.15) is 50.7 Å². The molecule has 0 bridgehead atoms. The lowest BCUT2D eigenvalue weighted by molar-refractivity contribution is 0.482. The summed E-state index contributed by atoms with van der Waals surface area (Å²) in [5.74, 6) is 2.64. The Morgan fingerprint density at radius 3 is 2.21 bits per heavy atom. The van der Waals surface area contributed by atoms with Gasteiger partial charge in [-0.05, 0) is 65.4 Å². The fourth-order valence-electron chi connectivity index (χ4n) is 7.16. The number of rotatable bonds is 5. The van der Waals surface area contributed by atoms with E-state index in [1.807, 2.05) is 24.4 Å². The summed E-state index contributed by atoms with van der Waals surface area (Å²) in [5, 5.41) is 4.39. The van der Waals surface area contributed by atoms with Crippen LogP contribution in [0.5, 0.6) is 11.5 Å². The van der Waals surface area contributed by atoms with Crippen LogP contribution in [0.15, 0.2) is 110 Å². The zero-order chi connectivity index (χ0) is 31.8. The van der Waals surface area contributed by atoms with Crippen LogP contribution >= 0.6 is 0 Å². The molecule has 0 aliphatic rings. The third-order valence-corrected chi connectivity index (χ3v) is 9.24. The Morgan fingerprint density at radius 2 is 1.38 bits per heavy atom. The monoisotopic (exact) mass is 612 g/mol. The minimum absolute atomic E-state index is 0.327. The van der Waals surface area contributed by atoms with Crippen LogP contribution in [-0.4, -0.2) is 28.9 Å². The SMILES string of the molecule is CC(C)c1cccc2c1c1ncc(Oc3ccc4c5cccc(C(C)C)c5n(-c5ncccn5)c4c3)cc1c1nc3ccccc3n21. The lowest BCUT2D eigenvalue weighted by Crippen LogP contribution is -2.02. The van der Waals surface area contributed by atoms with E-state index in [1.165, 1.54) is 16.5 Å². The largest absolute Gasteiger partial charge is 0.456 e. The zero-order valence-electron chi connectivity index (χ0n) is 26.6. The molecule has 5 heterocycles. The van der Waals surface area contributed by atoms with Crippen molar-refractivity contribution in [1.29, 1.82) is 0 Å². The number of ether oxygens (including phenoxy) is 1. The summed E-state index contributed by atoms with van der Waals surface area (Å²) in [5.41, 5.74) is 9.54. The molecule has 0 saturated carbocycles. The van der Waals surface area contributed by atoms with E-state index in [0.717, 1.165) is 54.9 Å². The standard InChI is InChI=1S/C40H32N6O/c1-23(2)27-10-8-15-34-36(27)37-31(39-44-32-13-5-6-14-33(32)45(34)39)20-26(22-43-37)47-25-16-17-29-30-12-7-11-28(24(3)4)38(30)46(35(29)21-25)40-41-18-9-19-42-40/h5-24H,1-4H3. The number of pyridine rings is 2. The second-order valence-electron chi connectivity index (χ2n) is 12.8. The van der Waals surface area contributed by atoms with Crippen LogP contribution in [0.25, 0.3) is 66.2 Å². The molecular weight excluding hydrogens is 580 g/mol. The number of para-hydroxylation sites is 3. The van der Waals surface area contributed by atoms with Crippen molar-refractivity contribution in [2.45, 2.75) is 39.5 Å². The molecule has 0 saturated heterocycles. The van der Waals surface area contributed by atoms with E-state index in [-0.39, 0.29) is 0 Å². The molecule has 0 aliphatic heterocycles. The Labute approximate surface area is 271 Å². The van der Waals surface area contributed by atoms with Gasteiger partial charge in [0, 0.05) is 40.0 Å². The van der Waals surface area contributed by atoms with Crippen molar-refractivity contribution < 1.29 is 4.74 Å². The van der Waals surface area contributed by atoms with E-state index in [9.17, 15) is 0 Å². The third kappa shape index (κ3) is 4.12. The average molecular weight is 613 g/mol. The smallest absolute Gasteiger partial charge is 0.234 e. The summed E-state index contributed by atoms with van der Waals surface area (Å²) in [6, 6.07) is 31.5. The number of fused-ring (bicyclic) bond motifs is 11. The number of hydrogen-bond acceptors (Lipinski definition) is 5. The summed E-state index contributed by atoms with van der Waals surface area (Å²) in [6.45, 7) is 8.90. The van der Waals surface area contributed by atoms with Gasteiger partial charge in [0.1, 0.15) is 17.1 Å². The fraction of sp³-hybridized carbons (Fsp3) is 0.150. The topological polar surface area (TPSA) is 70.1 Å². The van der Waals surface area contributed by atoms with Crippen LogP contribution in [0.4, 0.5) is 0 Å². The van der Waals surface area contributed by atoms with Crippen LogP contribution in [0, 0.1) is 0 Å². The van der Waals surface area contributed by atoms with Crippen molar-refractivity contribution in [1.82, 2.24) is 28.9 Å². The minimum Gasteiger partial charge on any atom is -0.456 e. The van der Waals surface area contributed by atoms with Gasteiger partial charge in [0.25, 0.3) is 0 Å². The second kappa shape index (κ2) is 10.4. The van der Waals surface area contributed by atoms with Gasteiger partial charge in [-0.1, -0.05) is 70.2 Å². The molecule has 0 fully saturated rings. The van der Waals surface area contributed by atoms with E-state index in [2.05, 4.69) is 119 Å². The number of hydrogen-bond donors (Lipinski definition) is 0. The van der Waals surface area contributed by atoms with Gasteiger partial charge in [-0.2, -0.15) is 0 Å². The molecule has 7 heteroatoms. The van der Waals surface area contributed by atoms with Gasteiger partial charge in [-0.25, -0.2) is 15.0 Å². The Morgan fingerprint density at radius 1 is 0.617 bits per heavy atom. The van der Waals surface area contributed by atoms with Crippen LogP contribution in [-0.2, 0) is 0 Å². The molecule has 0 amide bonds. The van der Waals surface area contributed by atoms with Crippen LogP contribution in [0.3, 0.4) is 0 Å². The van der Waals surface area contributed by atoms with Gasteiger partial charge in [0.2, 0.25) is 5.95 Å². The summed E-state index contributed by atoms with van der Waals surface area (Å²) >= 11 is 0. The molecule has 228 valence electrons. The maximum Gasteiger partial charge on any atom is 0.234 e. The molecule has 0 atom stereocenters. The Bertz CT molecular complexity index is 2670. The van der Waals surface area contributed by atoms with Crippen LogP contribution in [0.2, 0.25) is 0 Å². The lowest BCUT2D eigenvalue weighted by atomic mass is 9.96. The molecule has 4 aromatic carbocycles. The van der Waals surface area contributed by atoms with Crippen molar-refractivity contribution in [3.8, 4) is 17.4 Å². The van der Waals surface area contributed by atoms with Crippen molar-refractivity contribution >= 4 is 60.3 Å². The van der Waals surface area contributed by atoms with Crippen molar-refractivity contribution in [3.63, 3.8) is 0 Å².